The van der Waals surface area contributed by atoms with Crippen LogP contribution in [0.3, 0.4) is 0 Å². The molecule has 0 radical (unpaired) electrons. The summed E-state index contributed by atoms with van der Waals surface area (Å²) in [5.74, 6) is -0.391. The third-order valence-corrected chi connectivity index (χ3v) is 5.85. The number of nitrogens with zero attached hydrogens (tertiary/aromatic N) is 3. The van der Waals surface area contributed by atoms with Gasteiger partial charge < -0.3 is 9.30 Å². The Morgan fingerprint density at radius 3 is 2.45 bits per heavy atom. The maximum atomic E-state index is 13.4. The van der Waals surface area contributed by atoms with Crippen LogP contribution < -0.4 is 4.74 Å². The number of hydrogen-bond donors (Lipinski definition) is 0. The molecule has 0 saturated carbocycles. The number of aliphatic imine (C=N–C) groups is 1. The second-order valence-electron chi connectivity index (χ2n) is 6.53. The smallest absolute Gasteiger partial charge is 0.420 e. The molecule has 3 rings (SSSR count). The summed E-state index contributed by atoms with van der Waals surface area (Å²) in [6.07, 6.45) is -2.79. The molecule has 2 heterocycles. The molecule has 9 heteroatoms. The maximum absolute atomic E-state index is 13.4. The molecule has 1 fully saturated rings. The fourth-order valence-corrected chi connectivity index (χ4v) is 4.20. The lowest BCUT2D eigenvalue weighted by Crippen LogP contribution is -2.23. The number of carbonyl (C=O) groups is 1. The number of halogens is 3. The highest BCUT2D eigenvalue weighted by Gasteiger charge is 2.35. The predicted octanol–water partition coefficient (Wildman–Crippen LogP) is 4.65. The molecule has 1 amide bonds. The van der Waals surface area contributed by atoms with E-state index in [-0.39, 0.29) is 11.7 Å². The first-order chi connectivity index (χ1) is 13.6. The van der Waals surface area contributed by atoms with E-state index < -0.39 is 11.7 Å². The van der Waals surface area contributed by atoms with E-state index in [2.05, 4.69) is 4.99 Å². The first kappa shape index (κ1) is 21.0. The summed E-state index contributed by atoms with van der Waals surface area (Å²) in [7, 11) is 4.47. The highest BCUT2D eigenvalue weighted by atomic mass is 32.2. The van der Waals surface area contributed by atoms with Gasteiger partial charge >= 0.3 is 6.18 Å². The fourth-order valence-electron chi connectivity index (χ4n) is 3.28. The monoisotopic (exact) mass is 423 g/mol. The van der Waals surface area contributed by atoms with Crippen molar-refractivity contribution in [1.29, 1.82) is 0 Å². The van der Waals surface area contributed by atoms with Crippen LogP contribution in [-0.4, -0.2) is 41.7 Å². The van der Waals surface area contributed by atoms with E-state index in [9.17, 15) is 18.0 Å². The summed E-state index contributed by atoms with van der Waals surface area (Å²) < 4.78 is 46.8. The standard InChI is InChI=1S/C20H20F3N3O2S/c1-11-8-13(9-17-18(27)25(4)19(24-3)29-17)12(2)26(11)14-6-7-16(28-5)15(10-14)20(21,22)23/h6-10H,1-5H3/b17-9-,24-19?. The molecule has 29 heavy (non-hydrogen) atoms. The fraction of sp³-hybridized carbons (Fsp3) is 0.300. The van der Waals surface area contributed by atoms with Gasteiger partial charge in [-0.15, -0.1) is 0 Å². The molecule has 2 aromatic rings. The van der Waals surface area contributed by atoms with E-state index in [1.165, 1.54) is 29.8 Å². The minimum absolute atomic E-state index is 0.163. The summed E-state index contributed by atoms with van der Waals surface area (Å²) in [5, 5.41) is 0.597. The van der Waals surface area contributed by atoms with Crippen LogP contribution in [0.4, 0.5) is 13.2 Å². The molecule has 0 bridgehead atoms. The molecule has 1 aliphatic heterocycles. The topological polar surface area (TPSA) is 46.8 Å². The molecule has 5 nitrogen and oxygen atoms in total. The minimum atomic E-state index is -4.53. The van der Waals surface area contributed by atoms with E-state index in [0.29, 0.717) is 15.8 Å². The highest BCUT2D eigenvalue weighted by molar-refractivity contribution is 8.18. The average molecular weight is 423 g/mol. The molecule has 1 aromatic heterocycles. The number of carbonyl (C=O) groups excluding carboxylic acids is 1. The van der Waals surface area contributed by atoms with E-state index >= 15 is 0 Å². The Morgan fingerprint density at radius 1 is 1.21 bits per heavy atom. The van der Waals surface area contributed by atoms with Gasteiger partial charge in [-0.05, 0) is 61.5 Å². The second-order valence-corrected chi connectivity index (χ2v) is 7.53. The number of aryl methyl sites for hydroxylation is 1. The molecule has 0 atom stereocenters. The van der Waals surface area contributed by atoms with Crippen LogP contribution in [-0.2, 0) is 11.0 Å². The van der Waals surface area contributed by atoms with Crippen molar-refractivity contribution in [3.8, 4) is 11.4 Å². The molecule has 0 N–H and O–H groups in total. The number of amides is 1. The number of thioether (sulfide) groups is 1. The minimum Gasteiger partial charge on any atom is -0.496 e. The average Bonchev–Trinajstić information content (AvgIpc) is 3.10. The predicted molar refractivity (Wildman–Crippen MR) is 108 cm³/mol. The molecular weight excluding hydrogens is 403 g/mol. The Kier molecular flexibility index (Phi) is 5.53. The van der Waals surface area contributed by atoms with Gasteiger partial charge in [0.2, 0.25) is 0 Å². The van der Waals surface area contributed by atoms with Crippen LogP contribution in [0, 0.1) is 13.8 Å². The summed E-state index contributed by atoms with van der Waals surface area (Å²) >= 11 is 1.27. The van der Waals surface area contributed by atoms with Gasteiger partial charge in [-0.2, -0.15) is 13.2 Å². The van der Waals surface area contributed by atoms with E-state index in [0.717, 1.165) is 23.0 Å². The largest absolute Gasteiger partial charge is 0.496 e. The number of benzene rings is 1. The van der Waals surface area contributed by atoms with Crippen LogP contribution in [0.25, 0.3) is 11.8 Å². The van der Waals surface area contributed by atoms with Crippen molar-refractivity contribution in [2.45, 2.75) is 20.0 Å². The van der Waals surface area contributed by atoms with Gasteiger partial charge in [-0.25, -0.2) is 0 Å². The first-order valence-electron chi connectivity index (χ1n) is 8.67. The summed E-state index contributed by atoms with van der Waals surface area (Å²) in [6, 6.07) is 5.80. The molecule has 1 saturated heterocycles. The van der Waals surface area contributed by atoms with Crippen molar-refractivity contribution in [2.24, 2.45) is 4.99 Å². The third kappa shape index (κ3) is 3.78. The number of ether oxygens (including phenoxy) is 1. The molecule has 1 aromatic carbocycles. The van der Waals surface area contributed by atoms with Gasteiger partial charge in [0, 0.05) is 31.2 Å². The van der Waals surface area contributed by atoms with Gasteiger partial charge in [0.15, 0.2) is 5.17 Å². The Morgan fingerprint density at radius 2 is 1.90 bits per heavy atom. The van der Waals surface area contributed by atoms with E-state index in [1.807, 2.05) is 6.07 Å². The maximum Gasteiger partial charge on any atom is 0.420 e. The lowest BCUT2D eigenvalue weighted by atomic mass is 10.1. The highest BCUT2D eigenvalue weighted by Crippen LogP contribution is 2.38. The number of aromatic nitrogens is 1. The first-order valence-corrected chi connectivity index (χ1v) is 9.49. The normalized spacial score (nSPS) is 17.7. The molecule has 154 valence electrons. The second kappa shape index (κ2) is 7.62. The lowest BCUT2D eigenvalue weighted by molar-refractivity contribution is -0.138. The number of rotatable bonds is 3. The number of hydrogen-bond acceptors (Lipinski definition) is 4. The Hall–Kier alpha value is -2.68. The number of methoxy groups -OCH3 is 1. The Labute approximate surface area is 170 Å². The van der Waals surface area contributed by atoms with Gasteiger partial charge in [0.05, 0.1) is 17.6 Å². The van der Waals surface area contributed by atoms with Crippen LogP contribution in [0.5, 0.6) is 5.75 Å². The number of likely N-dealkylation sites (N-methyl/N-ethyl adjacent to an activating group) is 1. The molecule has 1 aliphatic rings. The zero-order valence-electron chi connectivity index (χ0n) is 16.6. The third-order valence-electron chi connectivity index (χ3n) is 4.70. The van der Waals surface area contributed by atoms with E-state index in [4.69, 9.17) is 4.74 Å². The molecule has 0 unspecified atom stereocenters. The summed E-state index contributed by atoms with van der Waals surface area (Å²) in [5.41, 5.74) is 1.77. The molecule has 0 aliphatic carbocycles. The van der Waals surface area contributed by atoms with Crippen LogP contribution in [0.15, 0.2) is 34.2 Å². The SMILES string of the molecule is CN=C1S/C(=C\c2cc(C)n(-c3ccc(OC)c(C(F)(F)F)c3)c2C)C(=O)N1C. The van der Waals surface area contributed by atoms with E-state index in [1.54, 1.807) is 44.7 Å². The summed E-state index contributed by atoms with van der Waals surface area (Å²) in [6.45, 7) is 3.61. The molecule has 0 spiro atoms. The van der Waals surface area contributed by atoms with Crippen LogP contribution in [0.1, 0.15) is 22.5 Å². The number of alkyl halides is 3. The van der Waals surface area contributed by atoms with Crippen LogP contribution >= 0.6 is 11.8 Å². The Balaban J connectivity index is 2.08. The molecular formula is C20H20F3N3O2S. The van der Waals surface area contributed by atoms with Crippen molar-refractivity contribution in [2.75, 3.05) is 21.2 Å². The quantitative estimate of drug-likeness (QED) is 0.675. The van der Waals surface area contributed by atoms with Crippen molar-refractivity contribution >= 4 is 28.9 Å². The van der Waals surface area contributed by atoms with Gasteiger partial charge in [-0.1, -0.05) is 0 Å². The van der Waals surface area contributed by atoms with Crippen molar-refractivity contribution in [3.63, 3.8) is 0 Å². The van der Waals surface area contributed by atoms with Gasteiger partial charge in [0.25, 0.3) is 5.91 Å². The Bertz CT molecular complexity index is 1040. The van der Waals surface area contributed by atoms with Crippen molar-refractivity contribution in [1.82, 2.24) is 9.47 Å². The van der Waals surface area contributed by atoms with Crippen LogP contribution in [0.2, 0.25) is 0 Å². The van der Waals surface area contributed by atoms with Gasteiger partial charge in [0.1, 0.15) is 5.75 Å². The summed E-state index contributed by atoms with van der Waals surface area (Å²) in [4.78, 5) is 18.4. The van der Waals surface area contributed by atoms with Crippen molar-refractivity contribution in [3.05, 3.63) is 51.7 Å². The van der Waals surface area contributed by atoms with Crippen molar-refractivity contribution < 1.29 is 22.7 Å². The number of amidine groups is 1. The lowest BCUT2D eigenvalue weighted by Gasteiger charge is -2.16. The van der Waals surface area contributed by atoms with Gasteiger partial charge in [-0.3, -0.25) is 14.7 Å². The zero-order valence-corrected chi connectivity index (χ0v) is 17.4. The zero-order chi connectivity index (χ0) is 21.5.